The van der Waals surface area contributed by atoms with Crippen molar-refractivity contribution in [2.24, 2.45) is 5.92 Å². The Balaban J connectivity index is 1.65. The number of benzene rings is 3. The van der Waals surface area contributed by atoms with E-state index in [1.165, 1.54) is 0 Å². The molecule has 0 bridgehead atoms. The average Bonchev–Trinajstić information content (AvgIpc) is 3.17. The highest BCUT2D eigenvalue weighted by Crippen LogP contribution is 2.42. The van der Waals surface area contributed by atoms with Crippen LogP contribution in [0.2, 0.25) is 5.02 Å². The van der Waals surface area contributed by atoms with Crippen LogP contribution in [0.4, 0.5) is 0 Å². The fourth-order valence-corrected chi connectivity index (χ4v) is 5.03. The van der Waals surface area contributed by atoms with Crippen LogP contribution < -0.4 is 14.9 Å². The Morgan fingerprint density at radius 1 is 1.03 bits per heavy atom. The van der Waals surface area contributed by atoms with Crippen LogP contribution in [0.3, 0.4) is 0 Å². The summed E-state index contributed by atoms with van der Waals surface area (Å²) in [5.74, 6) is 1.35. The Hall–Kier alpha value is -3.77. The molecule has 5 rings (SSSR count). The topological polar surface area (TPSA) is 69.0 Å². The van der Waals surface area contributed by atoms with Gasteiger partial charge in [-0.2, -0.15) is 0 Å². The lowest BCUT2D eigenvalue weighted by Gasteiger charge is -2.26. The van der Waals surface area contributed by atoms with Crippen LogP contribution >= 0.6 is 11.6 Å². The monoisotopic (exact) mass is 531 g/mol. The highest BCUT2D eigenvalue weighted by atomic mass is 35.5. The number of ether oxygens (including phenoxy) is 2. The molecule has 0 spiro atoms. The third-order valence-electron chi connectivity index (χ3n) is 6.88. The first-order valence-electron chi connectivity index (χ1n) is 12.7. The van der Waals surface area contributed by atoms with Gasteiger partial charge in [0.1, 0.15) is 5.58 Å². The zero-order valence-corrected chi connectivity index (χ0v) is 22.7. The maximum atomic E-state index is 13.9. The summed E-state index contributed by atoms with van der Waals surface area (Å²) < 4.78 is 17.7. The number of fused-ring (bicyclic) bond motifs is 2. The van der Waals surface area contributed by atoms with Crippen LogP contribution in [-0.2, 0) is 6.54 Å². The van der Waals surface area contributed by atoms with Crippen LogP contribution in [0.1, 0.15) is 59.1 Å². The molecule has 196 valence electrons. The third-order valence-corrected chi connectivity index (χ3v) is 7.24. The minimum Gasteiger partial charge on any atom is -0.493 e. The van der Waals surface area contributed by atoms with Crippen molar-refractivity contribution < 1.29 is 18.7 Å². The molecule has 0 radical (unpaired) electrons. The molecule has 3 aromatic carbocycles. The zero-order chi connectivity index (χ0) is 27.0. The smallest absolute Gasteiger partial charge is 0.291 e. The Morgan fingerprint density at radius 3 is 2.55 bits per heavy atom. The van der Waals surface area contributed by atoms with Crippen LogP contribution in [0.5, 0.6) is 11.5 Å². The van der Waals surface area contributed by atoms with Gasteiger partial charge in [-0.1, -0.05) is 61.3 Å². The number of amides is 1. The predicted octanol–water partition coefficient (Wildman–Crippen LogP) is 6.93. The van der Waals surface area contributed by atoms with Gasteiger partial charge in [-0.3, -0.25) is 9.59 Å². The zero-order valence-electron chi connectivity index (χ0n) is 21.9. The van der Waals surface area contributed by atoms with E-state index in [-0.39, 0.29) is 23.6 Å². The molecule has 0 saturated carbocycles. The van der Waals surface area contributed by atoms with E-state index in [1.807, 2.05) is 49.4 Å². The van der Waals surface area contributed by atoms with Crippen molar-refractivity contribution >= 4 is 28.5 Å². The number of rotatable bonds is 8. The Morgan fingerprint density at radius 2 is 1.82 bits per heavy atom. The lowest BCUT2D eigenvalue weighted by Crippen LogP contribution is -2.29. The maximum absolute atomic E-state index is 13.9. The lowest BCUT2D eigenvalue weighted by molar-refractivity contribution is 0.0714. The van der Waals surface area contributed by atoms with Crippen molar-refractivity contribution in [2.75, 3.05) is 13.7 Å². The van der Waals surface area contributed by atoms with Gasteiger partial charge in [0.05, 0.1) is 30.7 Å². The first-order chi connectivity index (χ1) is 18.3. The second-order valence-electron chi connectivity index (χ2n) is 10.0. The van der Waals surface area contributed by atoms with E-state index in [4.69, 9.17) is 25.5 Å². The molecule has 4 aromatic rings. The van der Waals surface area contributed by atoms with Crippen molar-refractivity contribution in [1.29, 1.82) is 0 Å². The molecule has 1 aliphatic heterocycles. The minimum absolute atomic E-state index is 0.0552. The summed E-state index contributed by atoms with van der Waals surface area (Å²) in [5.41, 5.74) is 2.91. The number of hydrogen-bond acceptors (Lipinski definition) is 5. The molecule has 1 aromatic heterocycles. The third kappa shape index (κ3) is 4.76. The van der Waals surface area contributed by atoms with Gasteiger partial charge in [0.2, 0.25) is 5.76 Å². The first-order valence-corrected chi connectivity index (χ1v) is 13.1. The summed E-state index contributed by atoms with van der Waals surface area (Å²) in [6.07, 6.45) is 0.911. The molecule has 7 heteroatoms. The fourth-order valence-electron chi connectivity index (χ4n) is 4.83. The molecule has 0 N–H and O–H groups in total. The average molecular weight is 532 g/mol. The van der Waals surface area contributed by atoms with Crippen molar-refractivity contribution in [2.45, 2.75) is 39.8 Å². The largest absolute Gasteiger partial charge is 0.493 e. The van der Waals surface area contributed by atoms with E-state index in [2.05, 4.69) is 13.8 Å². The highest BCUT2D eigenvalue weighted by molar-refractivity contribution is 6.31. The predicted molar refractivity (Wildman–Crippen MR) is 148 cm³/mol. The lowest BCUT2D eigenvalue weighted by atomic mass is 9.97. The van der Waals surface area contributed by atoms with Crippen molar-refractivity contribution in [1.82, 2.24) is 4.90 Å². The van der Waals surface area contributed by atoms with Gasteiger partial charge < -0.3 is 18.8 Å². The Bertz CT molecular complexity index is 1570. The van der Waals surface area contributed by atoms with Gasteiger partial charge in [-0.15, -0.1) is 0 Å². The SMILES string of the molecule is COc1cc(C2c3c(oc4ccc(C)cc4c3=O)C(=O)N2Cc2ccccc2Cl)ccc1OCCC(C)C. The summed E-state index contributed by atoms with van der Waals surface area (Å²) in [7, 11) is 1.58. The van der Waals surface area contributed by atoms with Gasteiger partial charge >= 0.3 is 0 Å². The van der Waals surface area contributed by atoms with E-state index in [0.29, 0.717) is 45.6 Å². The summed E-state index contributed by atoms with van der Waals surface area (Å²) in [6.45, 7) is 6.97. The standard InChI is InChI=1S/C31H30ClNO5/c1-18(2)13-14-37-25-12-10-20(16-26(25)36-4)28-27-29(34)22-15-19(3)9-11-24(22)38-30(27)31(35)33(28)17-21-7-5-6-8-23(21)32/h5-12,15-16,18,28H,13-14,17H2,1-4H3. The highest BCUT2D eigenvalue weighted by Gasteiger charge is 2.43. The molecule has 0 fully saturated rings. The fraction of sp³-hybridized carbons (Fsp3) is 0.290. The molecular weight excluding hydrogens is 502 g/mol. The van der Waals surface area contributed by atoms with E-state index >= 15 is 0 Å². The Labute approximate surface area is 226 Å². The maximum Gasteiger partial charge on any atom is 0.291 e. The number of carbonyl (C=O) groups is 1. The van der Waals surface area contributed by atoms with Crippen LogP contribution in [0, 0.1) is 12.8 Å². The first kappa shape index (κ1) is 25.9. The number of aryl methyl sites for hydroxylation is 1. The summed E-state index contributed by atoms with van der Waals surface area (Å²) in [6, 6.07) is 17.6. The molecule has 6 nitrogen and oxygen atoms in total. The second kappa shape index (κ2) is 10.5. The number of nitrogens with zero attached hydrogens (tertiary/aromatic N) is 1. The van der Waals surface area contributed by atoms with E-state index in [9.17, 15) is 9.59 Å². The van der Waals surface area contributed by atoms with Crippen LogP contribution in [-0.4, -0.2) is 24.5 Å². The number of halogens is 1. The van der Waals surface area contributed by atoms with Gasteiger partial charge in [-0.05, 0) is 60.7 Å². The van der Waals surface area contributed by atoms with Crippen LogP contribution in [0.25, 0.3) is 11.0 Å². The van der Waals surface area contributed by atoms with Gasteiger partial charge in [0.25, 0.3) is 5.91 Å². The van der Waals surface area contributed by atoms with Crippen molar-refractivity contribution in [3.63, 3.8) is 0 Å². The van der Waals surface area contributed by atoms with E-state index in [0.717, 1.165) is 23.1 Å². The van der Waals surface area contributed by atoms with Crippen molar-refractivity contribution in [3.05, 3.63) is 104 Å². The minimum atomic E-state index is -0.687. The van der Waals surface area contributed by atoms with Gasteiger partial charge in [-0.25, -0.2) is 0 Å². The molecule has 0 saturated heterocycles. The molecule has 2 heterocycles. The molecule has 1 amide bonds. The summed E-state index contributed by atoms with van der Waals surface area (Å²) in [5, 5.41) is 0.989. The summed E-state index contributed by atoms with van der Waals surface area (Å²) >= 11 is 6.47. The Kier molecular flexibility index (Phi) is 7.17. The normalized spacial score (nSPS) is 14.8. The van der Waals surface area contributed by atoms with E-state index in [1.54, 1.807) is 30.2 Å². The molecule has 38 heavy (non-hydrogen) atoms. The summed E-state index contributed by atoms with van der Waals surface area (Å²) in [4.78, 5) is 29.3. The van der Waals surface area contributed by atoms with Gasteiger partial charge in [0, 0.05) is 11.6 Å². The molecule has 0 aliphatic carbocycles. The molecule has 1 atom stereocenters. The van der Waals surface area contributed by atoms with E-state index < -0.39 is 6.04 Å². The number of carbonyl (C=O) groups excluding carboxylic acids is 1. The molecule has 1 unspecified atom stereocenters. The number of methoxy groups -OCH3 is 1. The second-order valence-corrected chi connectivity index (χ2v) is 10.4. The van der Waals surface area contributed by atoms with Crippen molar-refractivity contribution in [3.8, 4) is 11.5 Å². The van der Waals surface area contributed by atoms with Gasteiger partial charge in [0.15, 0.2) is 16.9 Å². The molecular formula is C31H30ClNO5. The molecule has 1 aliphatic rings. The van der Waals surface area contributed by atoms with Crippen LogP contribution in [0.15, 0.2) is 69.9 Å². The number of hydrogen-bond donors (Lipinski definition) is 0. The quantitative estimate of drug-likeness (QED) is 0.246.